The van der Waals surface area contributed by atoms with Gasteiger partial charge in [0.15, 0.2) is 17.6 Å². The Hall–Kier alpha value is -3.13. The van der Waals surface area contributed by atoms with Crippen molar-refractivity contribution < 1.29 is 28.9 Å². The van der Waals surface area contributed by atoms with Gasteiger partial charge in [0.2, 0.25) is 0 Å². The number of carboxylic acids is 1. The maximum absolute atomic E-state index is 12.8. The lowest BCUT2D eigenvalue weighted by Crippen LogP contribution is -2.48. The molecule has 1 amide bonds. The lowest BCUT2D eigenvalue weighted by atomic mass is 10.1. The van der Waals surface area contributed by atoms with Crippen LogP contribution in [0, 0.1) is 0 Å². The fourth-order valence-electron chi connectivity index (χ4n) is 2.84. The predicted molar refractivity (Wildman–Crippen MR) is 99.5 cm³/mol. The normalized spacial score (nSPS) is 16.5. The third kappa shape index (κ3) is 4.77. The minimum absolute atomic E-state index is 0.0113. The van der Waals surface area contributed by atoms with E-state index in [9.17, 15) is 9.59 Å². The van der Waals surface area contributed by atoms with Gasteiger partial charge in [-0.2, -0.15) is 0 Å². The Morgan fingerprint density at radius 1 is 1.29 bits per heavy atom. The molecule has 28 heavy (non-hydrogen) atoms. The molecule has 1 atom stereocenters. The third-order valence-electron chi connectivity index (χ3n) is 4.24. The standard InChI is InChI=1S/C20H22N2O6/c1-2-26-17-10-15(19(23)22-8-9-27-18(12-22)20(24)25)5-6-16(17)28-13-14-4-3-7-21-11-14/h3-7,10-11,18H,2,8-9,12-13H2,1H3,(H,24,25)/t18-/m1/s1. The van der Waals surface area contributed by atoms with Gasteiger partial charge in [0.05, 0.1) is 19.8 Å². The van der Waals surface area contributed by atoms with E-state index in [0.29, 0.717) is 36.8 Å². The van der Waals surface area contributed by atoms with Crippen molar-refractivity contribution in [2.24, 2.45) is 0 Å². The number of hydrogen-bond donors (Lipinski definition) is 1. The van der Waals surface area contributed by atoms with Crippen LogP contribution in [0.5, 0.6) is 11.5 Å². The van der Waals surface area contributed by atoms with E-state index in [1.54, 1.807) is 30.6 Å². The SMILES string of the molecule is CCOc1cc(C(=O)N2CCO[C@@H](C(=O)O)C2)ccc1OCc1cccnc1. The summed E-state index contributed by atoms with van der Waals surface area (Å²) in [6.07, 6.45) is 2.40. The molecule has 8 nitrogen and oxygen atoms in total. The zero-order valence-corrected chi connectivity index (χ0v) is 15.5. The van der Waals surface area contributed by atoms with Gasteiger partial charge in [0, 0.05) is 30.1 Å². The van der Waals surface area contributed by atoms with E-state index >= 15 is 0 Å². The van der Waals surface area contributed by atoms with Gasteiger partial charge >= 0.3 is 5.97 Å². The molecule has 2 aromatic rings. The Morgan fingerprint density at radius 3 is 2.86 bits per heavy atom. The average molecular weight is 386 g/mol. The number of amides is 1. The fraction of sp³-hybridized carbons (Fsp3) is 0.350. The number of carbonyl (C=O) groups excluding carboxylic acids is 1. The highest BCUT2D eigenvalue weighted by molar-refractivity contribution is 5.95. The van der Waals surface area contributed by atoms with E-state index in [1.165, 1.54) is 4.90 Å². The number of nitrogens with zero attached hydrogens (tertiary/aromatic N) is 2. The predicted octanol–water partition coefficient (Wildman–Crippen LogP) is 1.98. The fourth-order valence-corrected chi connectivity index (χ4v) is 2.84. The van der Waals surface area contributed by atoms with Gasteiger partial charge in [-0.05, 0) is 31.2 Å². The molecular formula is C20H22N2O6. The summed E-state index contributed by atoms with van der Waals surface area (Å²) in [5.74, 6) is -0.367. The molecule has 1 aromatic carbocycles. The van der Waals surface area contributed by atoms with Gasteiger partial charge in [-0.1, -0.05) is 6.07 Å². The van der Waals surface area contributed by atoms with Crippen LogP contribution in [0.1, 0.15) is 22.8 Å². The molecule has 0 spiro atoms. The van der Waals surface area contributed by atoms with Crippen molar-refractivity contribution in [2.75, 3.05) is 26.3 Å². The highest BCUT2D eigenvalue weighted by Crippen LogP contribution is 2.30. The molecule has 1 fully saturated rings. The van der Waals surface area contributed by atoms with Crippen LogP contribution in [0.15, 0.2) is 42.7 Å². The number of carboxylic acid groups (broad SMARTS) is 1. The van der Waals surface area contributed by atoms with Gasteiger partial charge in [0.1, 0.15) is 6.61 Å². The van der Waals surface area contributed by atoms with Gasteiger partial charge in [-0.25, -0.2) is 4.79 Å². The lowest BCUT2D eigenvalue weighted by molar-refractivity contribution is -0.154. The highest BCUT2D eigenvalue weighted by atomic mass is 16.5. The summed E-state index contributed by atoms with van der Waals surface area (Å²) in [6, 6.07) is 8.69. The molecule has 2 heterocycles. The molecule has 1 N–H and O–H groups in total. The molecule has 0 saturated carbocycles. The lowest BCUT2D eigenvalue weighted by Gasteiger charge is -2.31. The first kappa shape index (κ1) is 19.6. The summed E-state index contributed by atoms with van der Waals surface area (Å²) in [4.78, 5) is 29.4. The number of rotatable bonds is 7. The second-order valence-electron chi connectivity index (χ2n) is 6.19. The Morgan fingerprint density at radius 2 is 2.14 bits per heavy atom. The molecule has 1 saturated heterocycles. The van der Waals surface area contributed by atoms with Crippen molar-refractivity contribution >= 4 is 11.9 Å². The van der Waals surface area contributed by atoms with Crippen molar-refractivity contribution in [2.45, 2.75) is 19.6 Å². The third-order valence-corrected chi connectivity index (χ3v) is 4.24. The molecule has 0 unspecified atom stereocenters. The van der Waals surface area contributed by atoms with E-state index in [2.05, 4.69) is 4.98 Å². The minimum Gasteiger partial charge on any atom is -0.490 e. The van der Waals surface area contributed by atoms with Crippen LogP contribution in [0.25, 0.3) is 0 Å². The smallest absolute Gasteiger partial charge is 0.334 e. The average Bonchev–Trinajstić information content (AvgIpc) is 2.73. The zero-order chi connectivity index (χ0) is 19.9. The van der Waals surface area contributed by atoms with Crippen molar-refractivity contribution in [3.05, 3.63) is 53.9 Å². The second kappa shape index (κ2) is 9.18. The topological polar surface area (TPSA) is 98.2 Å². The molecule has 0 aliphatic carbocycles. The summed E-state index contributed by atoms with van der Waals surface area (Å²) in [7, 11) is 0. The van der Waals surface area contributed by atoms with Crippen LogP contribution >= 0.6 is 0 Å². The van der Waals surface area contributed by atoms with Gasteiger partial charge < -0.3 is 24.2 Å². The number of aliphatic carboxylic acids is 1. The summed E-state index contributed by atoms with van der Waals surface area (Å²) in [6.45, 7) is 3.12. The summed E-state index contributed by atoms with van der Waals surface area (Å²) < 4.78 is 16.6. The first-order valence-corrected chi connectivity index (χ1v) is 9.00. The molecule has 1 aromatic heterocycles. The Bertz CT molecular complexity index is 827. The highest BCUT2D eigenvalue weighted by Gasteiger charge is 2.29. The van der Waals surface area contributed by atoms with Crippen molar-refractivity contribution in [1.29, 1.82) is 0 Å². The summed E-state index contributed by atoms with van der Waals surface area (Å²) >= 11 is 0. The van der Waals surface area contributed by atoms with Crippen LogP contribution in [0.2, 0.25) is 0 Å². The summed E-state index contributed by atoms with van der Waals surface area (Å²) in [5.41, 5.74) is 1.32. The molecule has 0 bridgehead atoms. The number of hydrogen-bond acceptors (Lipinski definition) is 6. The van der Waals surface area contributed by atoms with Crippen LogP contribution in [-0.2, 0) is 16.1 Å². The van der Waals surface area contributed by atoms with E-state index in [4.69, 9.17) is 19.3 Å². The van der Waals surface area contributed by atoms with E-state index in [0.717, 1.165) is 5.56 Å². The van der Waals surface area contributed by atoms with E-state index in [-0.39, 0.29) is 19.1 Å². The number of aromatic nitrogens is 1. The largest absolute Gasteiger partial charge is 0.490 e. The quantitative estimate of drug-likeness (QED) is 0.777. The van der Waals surface area contributed by atoms with Crippen LogP contribution < -0.4 is 9.47 Å². The van der Waals surface area contributed by atoms with Crippen molar-refractivity contribution in [3.8, 4) is 11.5 Å². The number of morpholine rings is 1. The van der Waals surface area contributed by atoms with Crippen LogP contribution in [0.4, 0.5) is 0 Å². The molecule has 3 rings (SSSR count). The first-order chi connectivity index (χ1) is 13.6. The van der Waals surface area contributed by atoms with Crippen molar-refractivity contribution in [3.63, 3.8) is 0 Å². The molecule has 148 valence electrons. The first-order valence-electron chi connectivity index (χ1n) is 9.00. The van der Waals surface area contributed by atoms with Crippen LogP contribution in [0.3, 0.4) is 0 Å². The Labute approximate surface area is 162 Å². The van der Waals surface area contributed by atoms with E-state index in [1.807, 2.05) is 19.1 Å². The van der Waals surface area contributed by atoms with Gasteiger partial charge in [-0.3, -0.25) is 9.78 Å². The maximum Gasteiger partial charge on any atom is 0.334 e. The van der Waals surface area contributed by atoms with E-state index < -0.39 is 12.1 Å². The molecular weight excluding hydrogens is 364 g/mol. The monoisotopic (exact) mass is 386 g/mol. The van der Waals surface area contributed by atoms with Gasteiger partial charge in [-0.15, -0.1) is 0 Å². The number of carbonyl (C=O) groups is 2. The van der Waals surface area contributed by atoms with Gasteiger partial charge in [0.25, 0.3) is 5.91 Å². The Balaban J connectivity index is 1.74. The number of benzene rings is 1. The molecule has 1 aliphatic heterocycles. The molecule has 0 radical (unpaired) electrons. The maximum atomic E-state index is 12.8. The van der Waals surface area contributed by atoms with Crippen LogP contribution in [-0.4, -0.2) is 59.3 Å². The molecule has 8 heteroatoms. The molecule has 1 aliphatic rings. The second-order valence-corrected chi connectivity index (χ2v) is 6.19. The number of pyridine rings is 1. The zero-order valence-electron chi connectivity index (χ0n) is 15.5. The summed E-state index contributed by atoms with van der Waals surface area (Å²) in [5, 5.41) is 9.11. The Kier molecular flexibility index (Phi) is 6.44. The minimum atomic E-state index is -1.08. The van der Waals surface area contributed by atoms with Crippen molar-refractivity contribution in [1.82, 2.24) is 9.88 Å². The number of ether oxygens (including phenoxy) is 3.